The van der Waals surface area contributed by atoms with Gasteiger partial charge >= 0.3 is 12.1 Å². The Morgan fingerprint density at radius 1 is 1.45 bits per heavy atom. The molecule has 0 fully saturated rings. The smallest absolute Gasteiger partial charge is 0.408 e. The predicted molar refractivity (Wildman–Crippen MR) is 72.3 cm³/mol. The van der Waals surface area contributed by atoms with E-state index in [1.54, 1.807) is 40.7 Å². The average molecular weight is 283 g/mol. The van der Waals surface area contributed by atoms with Gasteiger partial charge in [0, 0.05) is 0 Å². The van der Waals surface area contributed by atoms with Gasteiger partial charge in [-0.15, -0.1) is 0 Å². The summed E-state index contributed by atoms with van der Waals surface area (Å²) in [5.74, 6) is -0.500. The molecular weight excluding hydrogens is 262 g/mol. The summed E-state index contributed by atoms with van der Waals surface area (Å²) in [4.78, 5) is 23.1. The SMILES string of the molecule is CCOC(=O)c1cc([C@@H](C)NC(=O)OC(C)(C)C)[nH]n1. The Balaban J connectivity index is 2.62. The Labute approximate surface area is 118 Å². The van der Waals surface area contributed by atoms with Crippen molar-refractivity contribution in [1.29, 1.82) is 0 Å². The lowest BCUT2D eigenvalue weighted by atomic mass is 10.2. The van der Waals surface area contributed by atoms with E-state index < -0.39 is 17.7 Å². The number of esters is 1. The minimum absolute atomic E-state index is 0.180. The fourth-order valence-corrected chi connectivity index (χ4v) is 1.43. The van der Waals surface area contributed by atoms with Gasteiger partial charge in [0.25, 0.3) is 0 Å². The second-order valence-corrected chi connectivity index (χ2v) is 5.30. The summed E-state index contributed by atoms with van der Waals surface area (Å²) in [7, 11) is 0. The molecule has 20 heavy (non-hydrogen) atoms. The lowest BCUT2D eigenvalue weighted by Gasteiger charge is -2.21. The van der Waals surface area contributed by atoms with Crippen molar-refractivity contribution in [3.63, 3.8) is 0 Å². The Morgan fingerprint density at radius 3 is 2.65 bits per heavy atom. The fourth-order valence-electron chi connectivity index (χ4n) is 1.43. The molecule has 1 rings (SSSR count). The maximum Gasteiger partial charge on any atom is 0.408 e. The summed E-state index contributed by atoms with van der Waals surface area (Å²) in [6.45, 7) is 9.11. The Hall–Kier alpha value is -2.05. The Bertz CT molecular complexity index is 476. The number of carbonyl (C=O) groups excluding carboxylic acids is 2. The van der Waals surface area contributed by atoms with E-state index in [1.807, 2.05) is 0 Å². The maximum atomic E-state index is 11.6. The third-order valence-electron chi connectivity index (χ3n) is 2.28. The van der Waals surface area contributed by atoms with E-state index in [2.05, 4.69) is 15.5 Å². The van der Waals surface area contributed by atoms with Crippen LogP contribution in [0.4, 0.5) is 4.79 Å². The zero-order valence-corrected chi connectivity index (χ0v) is 12.4. The number of H-pyrrole nitrogens is 1. The van der Waals surface area contributed by atoms with Gasteiger partial charge < -0.3 is 14.8 Å². The fraction of sp³-hybridized carbons (Fsp3) is 0.615. The highest BCUT2D eigenvalue weighted by atomic mass is 16.6. The minimum atomic E-state index is -0.562. The van der Waals surface area contributed by atoms with E-state index in [-0.39, 0.29) is 18.3 Å². The highest BCUT2D eigenvalue weighted by Crippen LogP contribution is 2.13. The van der Waals surface area contributed by atoms with Crippen LogP contribution in [0.2, 0.25) is 0 Å². The number of ether oxygens (including phenoxy) is 2. The van der Waals surface area contributed by atoms with Crippen LogP contribution >= 0.6 is 0 Å². The van der Waals surface area contributed by atoms with E-state index in [4.69, 9.17) is 9.47 Å². The number of hydrogen-bond donors (Lipinski definition) is 2. The van der Waals surface area contributed by atoms with Crippen molar-refractivity contribution in [1.82, 2.24) is 15.5 Å². The molecule has 0 radical (unpaired) electrons. The number of aromatic nitrogens is 2. The zero-order valence-electron chi connectivity index (χ0n) is 12.4. The van der Waals surface area contributed by atoms with Gasteiger partial charge in [-0.3, -0.25) is 5.10 Å². The number of aromatic amines is 1. The number of nitrogens with one attached hydrogen (secondary N) is 2. The van der Waals surface area contributed by atoms with Gasteiger partial charge in [0.1, 0.15) is 5.60 Å². The van der Waals surface area contributed by atoms with E-state index in [9.17, 15) is 9.59 Å². The van der Waals surface area contributed by atoms with Crippen LogP contribution in [0.5, 0.6) is 0 Å². The molecule has 1 atom stereocenters. The normalized spacial score (nSPS) is 12.7. The number of amides is 1. The molecule has 1 heterocycles. The molecule has 7 nitrogen and oxygen atoms in total. The molecule has 0 bridgehead atoms. The van der Waals surface area contributed by atoms with E-state index >= 15 is 0 Å². The summed E-state index contributed by atoms with van der Waals surface area (Å²) in [6, 6.07) is 1.18. The second-order valence-electron chi connectivity index (χ2n) is 5.30. The number of nitrogens with zero attached hydrogens (tertiary/aromatic N) is 1. The van der Waals surface area contributed by atoms with Crippen molar-refractivity contribution in [2.24, 2.45) is 0 Å². The van der Waals surface area contributed by atoms with Gasteiger partial charge in [0.2, 0.25) is 0 Å². The number of hydrogen-bond acceptors (Lipinski definition) is 5. The molecule has 1 aromatic rings. The van der Waals surface area contributed by atoms with Crippen molar-refractivity contribution >= 4 is 12.1 Å². The largest absolute Gasteiger partial charge is 0.461 e. The molecule has 0 aromatic carbocycles. The third kappa shape index (κ3) is 4.91. The van der Waals surface area contributed by atoms with Gasteiger partial charge in [-0.05, 0) is 40.7 Å². The van der Waals surface area contributed by atoms with Gasteiger partial charge in [-0.2, -0.15) is 5.10 Å². The van der Waals surface area contributed by atoms with Gasteiger partial charge in [-0.1, -0.05) is 0 Å². The second kappa shape index (κ2) is 6.40. The van der Waals surface area contributed by atoms with Crippen LogP contribution in [0.25, 0.3) is 0 Å². The molecule has 2 N–H and O–H groups in total. The molecule has 0 aliphatic carbocycles. The summed E-state index contributed by atoms with van der Waals surface area (Å²) in [5.41, 5.74) is 0.215. The first-order chi connectivity index (χ1) is 9.23. The Morgan fingerprint density at radius 2 is 2.10 bits per heavy atom. The minimum Gasteiger partial charge on any atom is -0.461 e. The maximum absolute atomic E-state index is 11.6. The summed E-state index contributed by atoms with van der Waals surface area (Å²) in [5, 5.41) is 9.19. The highest BCUT2D eigenvalue weighted by molar-refractivity contribution is 5.87. The van der Waals surface area contributed by atoms with Crippen molar-refractivity contribution in [3.05, 3.63) is 17.5 Å². The zero-order chi connectivity index (χ0) is 15.3. The standard InChI is InChI=1S/C13H21N3O4/c1-6-19-11(17)10-7-9(15-16-10)8(2)14-12(18)20-13(3,4)5/h7-8H,6H2,1-5H3,(H,14,18)(H,15,16)/t8-/m1/s1. The van der Waals surface area contributed by atoms with Gasteiger partial charge in [-0.25, -0.2) is 9.59 Å². The first-order valence-electron chi connectivity index (χ1n) is 6.45. The van der Waals surface area contributed by atoms with Crippen LogP contribution in [0.15, 0.2) is 6.07 Å². The van der Waals surface area contributed by atoms with Crippen molar-refractivity contribution in [2.45, 2.75) is 46.3 Å². The molecule has 0 saturated carbocycles. The molecule has 1 amide bonds. The molecule has 1 aromatic heterocycles. The molecule has 0 aliphatic rings. The number of rotatable bonds is 4. The topological polar surface area (TPSA) is 93.3 Å². The first kappa shape index (κ1) is 16.0. The summed E-state index contributed by atoms with van der Waals surface area (Å²) < 4.78 is 9.98. The van der Waals surface area contributed by atoms with E-state index in [0.717, 1.165) is 0 Å². The Kier molecular flexibility index (Phi) is 5.12. The number of carbonyl (C=O) groups is 2. The molecular formula is C13H21N3O4. The van der Waals surface area contributed by atoms with Crippen LogP contribution in [0.1, 0.15) is 56.8 Å². The highest BCUT2D eigenvalue weighted by Gasteiger charge is 2.20. The lowest BCUT2D eigenvalue weighted by molar-refractivity contribution is 0.0502. The molecule has 0 saturated heterocycles. The number of alkyl carbamates (subject to hydrolysis) is 1. The quantitative estimate of drug-likeness (QED) is 0.826. The molecule has 0 spiro atoms. The van der Waals surface area contributed by atoms with Crippen molar-refractivity contribution in [2.75, 3.05) is 6.61 Å². The van der Waals surface area contributed by atoms with E-state index in [1.165, 1.54) is 0 Å². The van der Waals surface area contributed by atoms with Crippen LogP contribution in [-0.2, 0) is 9.47 Å². The average Bonchev–Trinajstić information content (AvgIpc) is 2.75. The predicted octanol–water partition coefficient (Wildman–Crippen LogP) is 2.17. The first-order valence-corrected chi connectivity index (χ1v) is 6.45. The lowest BCUT2D eigenvalue weighted by Crippen LogP contribution is -2.34. The van der Waals surface area contributed by atoms with Gasteiger partial charge in [0.05, 0.1) is 18.3 Å². The molecule has 112 valence electrons. The van der Waals surface area contributed by atoms with Crippen LogP contribution in [0.3, 0.4) is 0 Å². The van der Waals surface area contributed by atoms with E-state index in [0.29, 0.717) is 5.69 Å². The van der Waals surface area contributed by atoms with Crippen LogP contribution in [0, 0.1) is 0 Å². The third-order valence-corrected chi connectivity index (χ3v) is 2.28. The summed E-state index contributed by atoms with van der Waals surface area (Å²) >= 11 is 0. The van der Waals surface area contributed by atoms with Crippen LogP contribution in [-0.4, -0.2) is 34.5 Å². The molecule has 0 unspecified atom stereocenters. The molecule has 7 heteroatoms. The van der Waals surface area contributed by atoms with Crippen molar-refractivity contribution in [3.8, 4) is 0 Å². The van der Waals surface area contributed by atoms with Crippen LogP contribution < -0.4 is 5.32 Å². The summed E-state index contributed by atoms with van der Waals surface area (Å²) in [6.07, 6.45) is -0.530. The van der Waals surface area contributed by atoms with Gasteiger partial charge in [0.15, 0.2) is 5.69 Å². The monoisotopic (exact) mass is 283 g/mol. The molecule has 0 aliphatic heterocycles. The van der Waals surface area contributed by atoms with Crippen molar-refractivity contribution < 1.29 is 19.1 Å².